The predicted octanol–water partition coefficient (Wildman–Crippen LogP) is 1.87. The second kappa shape index (κ2) is 4.43. The SMILES string of the molecule is CC(C)(C)CNC(=O)c1cc(O)cc(O)c1. The minimum atomic E-state index is -0.305. The summed E-state index contributed by atoms with van der Waals surface area (Å²) < 4.78 is 0. The van der Waals surface area contributed by atoms with Gasteiger partial charge in [0, 0.05) is 18.2 Å². The van der Waals surface area contributed by atoms with Crippen LogP contribution in [-0.4, -0.2) is 22.7 Å². The maximum Gasteiger partial charge on any atom is 0.251 e. The van der Waals surface area contributed by atoms with E-state index in [0.717, 1.165) is 0 Å². The van der Waals surface area contributed by atoms with Crippen molar-refractivity contribution in [2.24, 2.45) is 5.41 Å². The fourth-order valence-electron chi connectivity index (χ4n) is 1.17. The molecule has 0 heterocycles. The third kappa shape index (κ3) is 3.81. The maximum absolute atomic E-state index is 11.7. The van der Waals surface area contributed by atoms with E-state index in [1.807, 2.05) is 20.8 Å². The van der Waals surface area contributed by atoms with Gasteiger partial charge < -0.3 is 15.5 Å². The van der Waals surface area contributed by atoms with Gasteiger partial charge in [0.2, 0.25) is 0 Å². The van der Waals surface area contributed by atoms with Crippen LogP contribution in [0.1, 0.15) is 31.1 Å². The molecule has 4 nitrogen and oxygen atoms in total. The Morgan fingerprint density at radius 3 is 2.12 bits per heavy atom. The van der Waals surface area contributed by atoms with Crippen LogP contribution in [0.15, 0.2) is 18.2 Å². The van der Waals surface area contributed by atoms with Crippen LogP contribution < -0.4 is 5.32 Å². The summed E-state index contributed by atoms with van der Waals surface area (Å²) in [6, 6.07) is 3.82. The normalized spacial score (nSPS) is 11.2. The van der Waals surface area contributed by atoms with Crippen LogP contribution in [0.5, 0.6) is 11.5 Å². The molecule has 4 heteroatoms. The highest BCUT2D eigenvalue weighted by molar-refractivity contribution is 5.95. The maximum atomic E-state index is 11.7. The molecule has 0 saturated carbocycles. The number of nitrogens with one attached hydrogen (secondary N) is 1. The van der Waals surface area contributed by atoms with Crippen LogP contribution in [0.4, 0.5) is 0 Å². The molecule has 88 valence electrons. The third-order valence-electron chi connectivity index (χ3n) is 1.94. The highest BCUT2D eigenvalue weighted by Crippen LogP contribution is 2.20. The van der Waals surface area contributed by atoms with Crippen LogP contribution >= 0.6 is 0 Å². The van der Waals surface area contributed by atoms with Crippen molar-refractivity contribution < 1.29 is 15.0 Å². The van der Waals surface area contributed by atoms with E-state index in [0.29, 0.717) is 6.54 Å². The molecule has 0 bridgehead atoms. The predicted molar refractivity (Wildman–Crippen MR) is 61.6 cm³/mol. The smallest absolute Gasteiger partial charge is 0.251 e. The number of phenols is 2. The number of phenolic OH excluding ortho intramolecular Hbond substituents is 2. The molecule has 0 radical (unpaired) electrons. The van der Waals surface area contributed by atoms with E-state index >= 15 is 0 Å². The Balaban J connectivity index is 2.73. The van der Waals surface area contributed by atoms with E-state index < -0.39 is 0 Å². The summed E-state index contributed by atoms with van der Waals surface area (Å²) in [6.07, 6.45) is 0. The summed E-state index contributed by atoms with van der Waals surface area (Å²) in [7, 11) is 0. The van der Waals surface area contributed by atoms with Gasteiger partial charge in [-0.25, -0.2) is 0 Å². The second-order valence-electron chi connectivity index (χ2n) is 4.98. The first-order chi connectivity index (χ1) is 7.28. The lowest BCUT2D eigenvalue weighted by molar-refractivity contribution is 0.0938. The molecule has 16 heavy (non-hydrogen) atoms. The number of benzene rings is 1. The first kappa shape index (κ1) is 12.4. The zero-order valence-corrected chi connectivity index (χ0v) is 9.74. The van der Waals surface area contributed by atoms with Crippen LogP contribution in [0.3, 0.4) is 0 Å². The van der Waals surface area contributed by atoms with Crippen LogP contribution in [0.25, 0.3) is 0 Å². The number of hydrogen-bond acceptors (Lipinski definition) is 3. The van der Waals surface area contributed by atoms with Crippen molar-refractivity contribution in [2.75, 3.05) is 6.54 Å². The van der Waals surface area contributed by atoms with E-state index in [9.17, 15) is 15.0 Å². The minimum Gasteiger partial charge on any atom is -0.508 e. The number of rotatable bonds is 2. The van der Waals surface area contributed by atoms with Crippen molar-refractivity contribution in [2.45, 2.75) is 20.8 Å². The molecule has 1 aromatic carbocycles. The molecular weight excluding hydrogens is 206 g/mol. The number of hydrogen-bond donors (Lipinski definition) is 3. The molecule has 0 aliphatic rings. The van der Waals surface area contributed by atoms with Gasteiger partial charge in [0.15, 0.2) is 0 Å². The van der Waals surface area contributed by atoms with Crippen molar-refractivity contribution in [3.8, 4) is 11.5 Å². The average molecular weight is 223 g/mol. The van der Waals surface area contributed by atoms with Gasteiger partial charge in [0.25, 0.3) is 5.91 Å². The average Bonchev–Trinajstić information content (AvgIpc) is 2.11. The van der Waals surface area contributed by atoms with Gasteiger partial charge in [0.1, 0.15) is 11.5 Å². The van der Waals surface area contributed by atoms with Crippen LogP contribution in [0, 0.1) is 5.41 Å². The summed E-state index contributed by atoms with van der Waals surface area (Å²) >= 11 is 0. The second-order valence-corrected chi connectivity index (χ2v) is 4.98. The monoisotopic (exact) mass is 223 g/mol. The van der Waals surface area contributed by atoms with E-state index in [2.05, 4.69) is 5.32 Å². The molecule has 0 aliphatic carbocycles. The highest BCUT2D eigenvalue weighted by atomic mass is 16.3. The number of aromatic hydroxyl groups is 2. The van der Waals surface area contributed by atoms with Gasteiger partial charge in [-0.05, 0) is 17.5 Å². The largest absolute Gasteiger partial charge is 0.508 e. The van der Waals surface area contributed by atoms with Gasteiger partial charge in [0.05, 0.1) is 0 Å². The quantitative estimate of drug-likeness (QED) is 0.717. The molecule has 0 atom stereocenters. The molecule has 1 amide bonds. The molecule has 1 aromatic rings. The topological polar surface area (TPSA) is 69.6 Å². The zero-order chi connectivity index (χ0) is 12.3. The molecule has 0 aromatic heterocycles. The van der Waals surface area contributed by atoms with Gasteiger partial charge in [-0.3, -0.25) is 4.79 Å². The fraction of sp³-hybridized carbons (Fsp3) is 0.417. The highest BCUT2D eigenvalue weighted by Gasteiger charge is 2.13. The van der Waals surface area contributed by atoms with E-state index in [4.69, 9.17) is 0 Å². The molecule has 0 aliphatic heterocycles. The Morgan fingerprint density at radius 1 is 1.19 bits per heavy atom. The number of carbonyl (C=O) groups excluding carboxylic acids is 1. The zero-order valence-electron chi connectivity index (χ0n) is 9.74. The lowest BCUT2D eigenvalue weighted by Crippen LogP contribution is -2.32. The fourth-order valence-corrected chi connectivity index (χ4v) is 1.17. The van der Waals surface area contributed by atoms with Gasteiger partial charge >= 0.3 is 0 Å². The van der Waals surface area contributed by atoms with Crippen LogP contribution in [0.2, 0.25) is 0 Å². The van der Waals surface area contributed by atoms with Crippen LogP contribution in [-0.2, 0) is 0 Å². The third-order valence-corrected chi connectivity index (χ3v) is 1.94. The lowest BCUT2D eigenvalue weighted by Gasteiger charge is -2.18. The Bertz CT molecular complexity index is 373. The molecular formula is C12H17NO3. The first-order valence-electron chi connectivity index (χ1n) is 5.09. The Morgan fingerprint density at radius 2 is 1.69 bits per heavy atom. The van der Waals surface area contributed by atoms with Crippen molar-refractivity contribution in [3.05, 3.63) is 23.8 Å². The summed E-state index contributed by atoms with van der Waals surface area (Å²) in [5.41, 5.74) is 0.246. The van der Waals surface area contributed by atoms with Gasteiger partial charge in [-0.1, -0.05) is 20.8 Å². The van der Waals surface area contributed by atoms with Gasteiger partial charge in [-0.2, -0.15) is 0 Å². The van der Waals surface area contributed by atoms with E-state index in [1.54, 1.807) is 0 Å². The first-order valence-corrected chi connectivity index (χ1v) is 5.09. The number of carbonyl (C=O) groups is 1. The Hall–Kier alpha value is -1.71. The Labute approximate surface area is 94.9 Å². The standard InChI is InChI=1S/C12H17NO3/c1-12(2,3)7-13-11(16)8-4-9(14)6-10(15)5-8/h4-6,14-15H,7H2,1-3H3,(H,13,16). The van der Waals surface area contributed by atoms with Crippen molar-refractivity contribution in [3.63, 3.8) is 0 Å². The summed E-state index contributed by atoms with van der Waals surface area (Å²) in [4.78, 5) is 11.7. The lowest BCUT2D eigenvalue weighted by atomic mass is 9.97. The Kier molecular flexibility index (Phi) is 3.42. The molecule has 1 rings (SSSR count). The van der Waals surface area contributed by atoms with Crippen molar-refractivity contribution in [1.29, 1.82) is 0 Å². The number of amides is 1. The minimum absolute atomic E-state index is 0.00543. The van der Waals surface area contributed by atoms with E-state index in [-0.39, 0.29) is 28.4 Å². The molecule has 0 spiro atoms. The molecule has 0 saturated heterocycles. The van der Waals surface area contributed by atoms with Crippen molar-refractivity contribution in [1.82, 2.24) is 5.32 Å². The molecule has 0 unspecified atom stereocenters. The summed E-state index contributed by atoms with van der Waals surface area (Å²) in [6.45, 7) is 6.55. The summed E-state index contributed by atoms with van der Waals surface area (Å²) in [5.74, 6) is -0.553. The van der Waals surface area contributed by atoms with E-state index in [1.165, 1.54) is 18.2 Å². The molecule has 3 N–H and O–H groups in total. The summed E-state index contributed by atoms with van der Waals surface area (Å²) in [5, 5.41) is 21.2. The van der Waals surface area contributed by atoms with Gasteiger partial charge in [-0.15, -0.1) is 0 Å². The molecule has 0 fully saturated rings. The van der Waals surface area contributed by atoms with Crippen molar-refractivity contribution >= 4 is 5.91 Å².